The summed E-state index contributed by atoms with van der Waals surface area (Å²) in [4.78, 5) is 13.8. The Bertz CT molecular complexity index is 448. The molecule has 1 aromatic rings. The first-order chi connectivity index (χ1) is 7.11. The summed E-state index contributed by atoms with van der Waals surface area (Å²) in [5.41, 5.74) is 4.17. The minimum absolute atomic E-state index is 0.119. The van der Waals surface area contributed by atoms with Crippen molar-refractivity contribution in [3.05, 3.63) is 33.2 Å². The van der Waals surface area contributed by atoms with E-state index < -0.39 is 17.5 Å². The lowest BCUT2D eigenvalue weighted by Gasteiger charge is -2.07. The molecule has 0 aliphatic heterocycles. The number of H-pyrrole nitrogens is 1. The van der Waals surface area contributed by atoms with Gasteiger partial charge in [0, 0.05) is 23.9 Å². The lowest BCUT2D eigenvalue weighted by Crippen LogP contribution is -2.21. The third kappa shape index (κ3) is 2.19. The van der Waals surface area contributed by atoms with Crippen molar-refractivity contribution in [3.8, 4) is 6.07 Å². The molecule has 0 amide bonds. The van der Waals surface area contributed by atoms with Gasteiger partial charge >= 0.3 is 0 Å². The maximum atomic E-state index is 12.4. The quantitative estimate of drug-likeness (QED) is 0.780. The number of aromatic amines is 1. The number of nitrogens with one attached hydrogen (secondary N) is 1. The number of nitriles is 1. The van der Waals surface area contributed by atoms with Gasteiger partial charge in [0.1, 0.15) is 0 Å². The van der Waals surface area contributed by atoms with Crippen LogP contribution in [0.2, 0.25) is 0 Å². The third-order valence-corrected chi connectivity index (χ3v) is 1.98. The molecule has 0 saturated heterocycles. The molecule has 0 fully saturated rings. The monoisotopic (exact) mass is 213 g/mol. The van der Waals surface area contributed by atoms with Gasteiger partial charge in [-0.1, -0.05) is 0 Å². The molecule has 0 aliphatic carbocycles. The Balaban J connectivity index is 3.34. The standard InChI is InChI=1S/C9H9F2N3O/c10-9(11)7-6(3-13)8(15)5(1-2-12)4-14-7/h4,9H,1,3,13H2,(H,14,15). The van der Waals surface area contributed by atoms with E-state index in [-0.39, 0.29) is 24.1 Å². The highest BCUT2D eigenvalue weighted by Gasteiger charge is 2.17. The molecule has 0 aliphatic rings. The van der Waals surface area contributed by atoms with Crippen LogP contribution >= 0.6 is 0 Å². The number of halogens is 2. The zero-order valence-corrected chi connectivity index (χ0v) is 7.76. The van der Waals surface area contributed by atoms with E-state index in [1.807, 2.05) is 0 Å². The fourth-order valence-electron chi connectivity index (χ4n) is 1.25. The summed E-state index contributed by atoms with van der Waals surface area (Å²) >= 11 is 0. The predicted molar refractivity (Wildman–Crippen MR) is 49.2 cm³/mol. The van der Waals surface area contributed by atoms with E-state index in [2.05, 4.69) is 4.98 Å². The molecule has 80 valence electrons. The molecular weight excluding hydrogens is 204 g/mol. The molecule has 0 radical (unpaired) electrons. The molecule has 0 bridgehead atoms. The van der Waals surface area contributed by atoms with Gasteiger partial charge in [-0.15, -0.1) is 0 Å². The minimum atomic E-state index is -2.77. The summed E-state index contributed by atoms with van der Waals surface area (Å²) in [5.74, 6) is 0. The number of hydrogen-bond acceptors (Lipinski definition) is 3. The maximum absolute atomic E-state index is 12.4. The first-order valence-corrected chi connectivity index (χ1v) is 4.20. The Morgan fingerprint density at radius 1 is 1.60 bits per heavy atom. The van der Waals surface area contributed by atoms with Crippen molar-refractivity contribution in [2.45, 2.75) is 19.4 Å². The lowest BCUT2D eigenvalue weighted by atomic mass is 10.1. The summed E-state index contributed by atoms with van der Waals surface area (Å²) in [7, 11) is 0. The Morgan fingerprint density at radius 3 is 2.73 bits per heavy atom. The van der Waals surface area contributed by atoms with Crippen molar-refractivity contribution < 1.29 is 8.78 Å². The van der Waals surface area contributed by atoms with Gasteiger partial charge in [0.2, 0.25) is 0 Å². The number of nitrogens with zero attached hydrogens (tertiary/aromatic N) is 1. The van der Waals surface area contributed by atoms with Gasteiger partial charge < -0.3 is 10.7 Å². The number of hydrogen-bond donors (Lipinski definition) is 2. The first-order valence-electron chi connectivity index (χ1n) is 4.20. The van der Waals surface area contributed by atoms with Crippen LogP contribution in [-0.2, 0) is 13.0 Å². The van der Waals surface area contributed by atoms with Gasteiger partial charge in [-0.05, 0) is 0 Å². The van der Waals surface area contributed by atoms with Crippen LogP contribution in [0.4, 0.5) is 8.78 Å². The highest BCUT2D eigenvalue weighted by atomic mass is 19.3. The Morgan fingerprint density at radius 2 is 2.27 bits per heavy atom. The van der Waals surface area contributed by atoms with E-state index in [9.17, 15) is 13.6 Å². The molecule has 1 rings (SSSR count). The van der Waals surface area contributed by atoms with Crippen LogP contribution in [0.3, 0.4) is 0 Å². The number of aromatic nitrogens is 1. The molecule has 0 aromatic carbocycles. The molecule has 0 saturated carbocycles. The molecule has 0 spiro atoms. The molecule has 0 atom stereocenters. The predicted octanol–water partition coefficient (Wildman–Crippen LogP) is 0.837. The first kappa shape index (κ1) is 11.3. The molecule has 3 N–H and O–H groups in total. The molecule has 6 heteroatoms. The highest BCUT2D eigenvalue weighted by molar-refractivity contribution is 5.27. The topological polar surface area (TPSA) is 82.7 Å². The SMILES string of the molecule is N#CCc1c[nH]c(C(F)F)c(CN)c1=O. The van der Waals surface area contributed by atoms with Gasteiger partial charge in [0.15, 0.2) is 5.43 Å². The smallest absolute Gasteiger partial charge is 0.278 e. The fourth-order valence-corrected chi connectivity index (χ4v) is 1.25. The second-order valence-electron chi connectivity index (χ2n) is 2.87. The van der Waals surface area contributed by atoms with E-state index in [0.717, 1.165) is 6.20 Å². The molecule has 0 unspecified atom stereocenters. The summed E-state index contributed by atoms with van der Waals surface area (Å²) in [6.07, 6.45) is -1.76. The lowest BCUT2D eigenvalue weighted by molar-refractivity contribution is 0.144. The zero-order chi connectivity index (χ0) is 11.4. The van der Waals surface area contributed by atoms with Gasteiger partial charge in [0.25, 0.3) is 6.43 Å². The summed E-state index contributed by atoms with van der Waals surface area (Å²) in [6, 6.07) is 1.78. The van der Waals surface area contributed by atoms with Crippen LogP contribution in [0.15, 0.2) is 11.0 Å². The second kappa shape index (κ2) is 4.66. The van der Waals surface area contributed by atoms with Gasteiger partial charge in [-0.25, -0.2) is 8.78 Å². The molecule has 1 aromatic heterocycles. The fraction of sp³-hybridized carbons (Fsp3) is 0.333. The van der Waals surface area contributed by atoms with Crippen LogP contribution in [0.1, 0.15) is 23.2 Å². The summed E-state index contributed by atoms with van der Waals surface area (Å²) in [6.45, 7) is -0.270. The van der Waals surface area contributed by atoms with Crippen molar-refractivity contribution in [2.75, 3.05) is 0 Å². The van der Waals surface area contributed by atoms with Gasteiger partial charge in [-0.3, -0.25) is 4.79 Å². The van der Waals surface area contributed by atoms with Crippen molar-refractivity contribution in [3.63, 3.8) is 0 Å². The zero-order valence-electron chi connectivity index (χ0n) is 7.76. The van der Waals surface area contributed by atoms with E-state index in [0.29, 0.717) is 0 Å². The number of alkyl halides is 2. The van der Waals surface area contributed by atoms with Crippen molar-refractivity contribution in [1.82, 2.24) is 4.98 Å². The van der Waals surface area contributed by atoms with E-state index >= 15 is 0 Å². The maximum Gasteiger partial charge on any atom is 0.278 e. The Hall–Kier alpha value is -1.74. The Kier molecular flexibility index (Phi) is 3.52. The second-order valence-corrected chi connectivity index (χ2v) is 2.87. The van der Waals surface area contributed by atoms with Gasteiger partial charge in [-0.2, -0.15) is 5.26 Å². The van der Waals surface area contributed by atoms with Gasteiger partial charge in [0.05, 0.1) is 18.2 Å². The summed E-state index contributed by atoms with van der Waals surface area (Å²) in [5, 5.41) is 8.40. The number of rotatable bonds is 3. The van der Waals surface area contributed by atoms with Crippen LogP contribution in [0, 0.1) is 11.3 Å². The molecular formula is C9H9F2N3O. The summed E-state index contributed by atoms with van der Waals surface area (Å²) < 4.78 is 24.8. The van der Waals surface area contributed by atoms with Crippen molar-refractivity contribution in [2.24, 2.45) is 5.73 Å². The van der Waals surface area contributed by atoms with Crippen LogP contribution in [0.5, 0.6) is 0 Å². The van der Waals surface area contributed by atoms with Crippen molar-refractivity contribution in [1.29, 1.82) is 5.26 Å². The normalized spacial score (nSPS) is 10.3. The Labute approximate surface area is 84.3 Å². The molecule has 1 heterocycles. The van der Waals surface area contributed by atoms with Crippen LogP contribution in [0.25, 0.3) is 0 Å². The average Bonchev–Trinajstić information content (AvgIpc) is 2.20. The highest BCUT2D eigenvalue weighted by Crippen LogP contribution is 2.18. The van der Waals surface area contributed by atoms with E-state index in [1.54, 1.807) is 6.07 Å². The molecule has 15 heavy (non-hydrogen) atoms. The average molecular weight is 213 g/mol. The van der Waals surface area contributed by atoms with Crippen LogP contribution < -0.4 is 11.2 Å². The minimum Gasteiger partial charge on any atom is -0.360 e. The van der Waals surface area contributed by atoms with E-state index in [1.165, 1.54) is 0 Å². The molecule has 4 nitrogen and oxygen atoms in total. The van der Waals surface area contributed by atoms with Crippen molar-refractivity contribution >= 4 is 0 Å². The largest absolute Gasteiger partial charge is 0.360 e. The third-order valence-electron chi connectivity index (χ3n) is 1.98. The number of nitrogens with two attached hydrogens (primary N) is 1. The number of pyridine rings is 1. The van der Waals surface area contributed by atoms with E-state index in [4.69, 9.17) is 11.0 Å². The van der Waals surface area contributed by atoms with Crippen LogP contribution in [-0.4, -0.2) is 4.98 Å².